The number of carbonyl (C=O) groups excluding carboxylic acids is 2. The van der Waals surface area contributed by atoms with E-state index in [4.69, 9.17) is 4.42 Å². The molecule has 0 bridgehead atoms. The van der Waals surface area contributed by atoms with Crippen molar-refractivity contribution in [2.24, 2.45) is 5.92 Å². The van der Waals surface area contributed by atoms with E-state index in [9.17, 15) is 9.59 Å². The lowest BCUT2D eigenvalue weighted by Crippen LogP contribution is -2.33. The molecular formula is C24H34N4O3. The van der Waals surface area contributed by atoms with Gasteiger partial charge in [-0.3, -0.25) is 9.59 Å². The summed E-state index contributed by atoms with van der Waals surface area (Å²) in [5.74, 6) is 2.36. The standard InChI is InChI=1S/C24H34N4O3/c1-4-28(5-2)24(30)21-16-25-17(3)27-23(21)19-10-8-18(9-11-19)15-26-22(29)13-12-20-7-6-14-31-20/h6-7,14,16,18-19H,4-5,8-13,15H2,1-3H3,(H,26,29). The van der Waals surface area contributed by atoms with Crippen molar-refractivity contribution in [1.29, 1.82) is 0 Å². The fraction of sp³-hybridized carbons (Fsp3) is 0.583. The Morgan fingerprint density at radius 3 is 2.58 bits per heavy atom. The second-order valence-electron chi connectivity index (χ2n) is 8.29. The number of carbonyl (C=O) groups is 2. The molecule has 2 heterocycles. The van der Waals surface area contributed by atoms with E-state index < -0.39 is 0 Å². The second-order valence-corrected chi connectivity index (χ2v) is 8.29. The van der Waals surface area contributed by atoms with Gasteiger partial charge < -0.3 is 14.6 Å². The molecule has 0 spiro atoms. The molecule has 3 rings (SSSR count). The Morgan fingerprint density at radius 1 is 1.19 bits per heavy atom. The quantitative estimate of drug-likeness (QED) is 0.657. The maximum atomic E-state index is 13.0. The maximum absolute atomic E-state index is 13.0. The third kappa shape index (κ3) is 6.15. The van der Waals surface area contributed by atoms with Gasteiger partial charge in [-0.15, -0.1) is 0 Å². The summed E-state index contributed by atoms with van der Waals surface area (Å²) in [6.45, 7) is 7.91. The molecule has 1 aliphatic rings. The van der Waals surface area contributed by atoms with Crippen molar-refractivity contribution < 1.29 is 14.0 Å². The minimum absolute atomic E-state index is 0.0194. The minimum atomic E-state index is 0.0194. The normalized spacial score (nSPS) is 18.5. The molecule has 7 nitrogen and oxygen atoms in total. The molecule has 2 aromatic rings. The van der Waals surface area contributed by atoms with Gasteiger partial charge in [-0.2, -0.15) is 0 Å². The van der Waals surface area contributed by atoms with Crippen molar-refractivity contribution in [3.05, 3.63) is 47.4 Å². The molecule has 0 unspecified atom stereocenters. The second kappa shape index (κ2) is 11.1. The van der Waals surface area contributed by atoms with Crippen LogP contribution in [0.5, 0.6) is 0 Å². The summed E-state index contributed by atoms with van der Waals surface area (Å²) in [4.78, 5) is 35.9. The fourth-order valence-electron chi connectivity index (χ4n) is 4.32. The number of nitrogens with one attached hydrogen (secondary N) is 1. The first-order valence-electron chi connectivity index (χ1n) is 11.4. The topological polar surface area (TPSA) is 88.3 Å². The largest absolute Gasteiger partial charge is 0.469 e. The molecule has 2 amide bonds. The Morgan fingerprint density at radius 2 is 1.94 bits per heavy atom. The SMILES string of the molecule is CCN(CC)C(=O)c1cnc(C)nc1C1CCC(CNC(=O)CCc2ccco2)CC1. The molecular weight excluding hydrogens is 392 g/mol. The molecule has 0 radical (unpaired) electrons. The molecule has 1 fully saturated rings. The van der Waals surface area contributed by atoms with Gasteiger partial charge in [0.05, 0.1) is 17.5 Å². The van der Waals surface area contributed by atoms with Crippen LogP contribution in [0.1, 0.15) is 79.5 Å². The van der Waals surface area contributed by atoms with Crippen molar-refractivity contribution in [2.75, 3.05) is 19.6 Å². The van der Waals surface area contributed by atoms with Gasteiger partial charge in [0.2, 0.25) is 5.91 Å². The number of aromatic nitrogens is 2. The monoisotopic (exact) mass is 426 g/mol. The molecule has 1 aliphatic carbocycles. The summed E-state index contributed by atoms with van der Waals surface area (Å²) >= 11 is 0. The number of hydrogen-bond acceptors (Lipinski definition) is 5. The van der Waals surface area contributed by atoms with E-state index in [-0.39, 0.29) is 17.7 Å². The average molecular weight is 427 g/mol. The van der Waals surface area contributed by atoms with Crippen LogP contribution in [-0.4, -0.2) is 46.3 Å². The van der Waals surface area contributed by atoms with Gasteiger partial charge in [-0.1, -0.05) is 0 Å². The minimum Gasteiger partial charge on any atom is -0.469 e. The molecule has 1 saturated carbocycles. The zero-order chi connectivity index (χ0) is 22.2. The molecule has 1 N–H and O–H groups in total. The Labute approximate surface area is 184 Å². The van der Waals surface area contributed by atoms with Crippen LogP contribution < -0.4 is 5.32 Å². The van der Waals surface area contributed by atoms with Gasteiger partial charge in [0.1, 0.15) is 11.6 Å². The number of furan rings is 1. The summed E-state index contributed by atoms with van der Waals surface area (Å²) < 4.78 is 5.28. The van der Waals surface area contributed by atoms with E-state index in [1.165, 1.54) is 0 Å². The Balaban J connectivity index is 1.53. The first kappa shape index (κ1) is 23.0. The molecule has 7 heteroatoms. The van der Waals surface area contributed by atoms with Gasteiger partial charge in [0.25, 0.3) is 5.91 Å². The van der Waals surface area contributed by atoms with E-state index in [2.05, 4.69) is 15.3 Å². The fourth-order valence-corrected chi connectivity index (χ4v) is 4.32. The van der Waals surface area contributed by atoms with E-state index in [0.29, 0.717) is 49.8 Å². The molecule has 0 aromatic carbocycles. The lowest BCUT2D eigenvalue weighted by molar-refractivity contribution is -0.121. The molecule has 0 aliphatic heterocycles. The number of hydrogen-bond donors (Lipinski definition) is 1. The zero-order valence-corrected chi connectivity index (χ0v) is 18.9. The zero-order valence-electron chi connectivity index (χ0n) is 18.9. The van der Waals surface area contributed by atoms with Crippen LogP contribution in [0.4, 0.5) is 0 Å². The number of rotatable bonds is 9. The van der Waals surface area contributed by atoms with E-state index in [0.717, 1.165) is 37.1 Å². The summed E-state index contributed by atoms with van der Waals surface area (Å²) in [5.41, 5.74) is 1.54. The van der Waals surface area contributed by atoms with Crippen molar-refractivity contribution >= 4 is 11.8 Å². The number of nitrogens with zero attached hydrogens (tertiary/aromatic N) is 3. The summed E-state index contributed by atoms with van der Waals surface area (Å²) in [6, 6.07) is 3.73. The third-order valence-electron chi connectivity index (χ3n) is 6.22. The smallest absolute Gasteiger partial charge is 0.257 e. The van der Waals surface area contributed by atoms with Gasteiger partial charge in [0.15, 0.2) is 0 Å². The molecule has 0 atom stereocenters. The van der Waals surface area contributed by atoms with Crippen LogP contribution in [0.3, 0.4) is 0 Å². The highest BCUT2D eigenvalue weighted by Crippen LogP contribution is 2.36. The predicted molar refractivity (Wildman–Crippen MR) is 119 cm³/mol. The van der Waals surface area contributed by atoms with E-state index in [1.807, 2.05) is 37.8 Å². The van der Waals surface area contributed by atoms with Crippen molar-refractivity contribution in [3.8, 4) is 0 Å². The number of amides is 2. The van der Waals surface area contributed by atoms with Crippen molar-refractivity contribution in [1.82, 2.24) is 20.2 Å². The van der Waals surface area contributed by atoms with Crippen LogP contribution in [0.15, 0.2) is 29.0 Å². The number of aryl methyl sites for hydroxylation is 2. The van der Waals surface area contributed by atoms with Gasteiger partial charge in [0, 0.05) is 44.6 Å². The highest BCUT2D eigenvalue weighted by Gasteiger charge is 2.28. The van der Waals surface area contributed by atoms with Gasteiger partial charge in [-0.25, -0.2) is 9.97 Å². The Kier molecular flexibility index (Phi) is 8.20. The van der Waals surface area contributed by atoms with Crippen molar-refractivity contribution in [3.63, 3.8) is 0 Å². The molecule has 168 valence electrons. The van der Waals surface area contributed by atoms with Crippen molar-refractivity contribution in [2.45, 2.75) is 65.2 Å². The molecule has 0 saturated heterocycles. The maximum Gasteiger partial charge on any atom is 0.257 e. The lowest BCUT2D eigenvalue weighted by Gasteiger charge is -2.30. The first-order valence-corrected chi connectivity index (χ1v) is 11.4. The van der Waals surface area contributed by atoms with Gasteiger partial charge in [-0.05, 0) is 64.5 Å². The summed E-state index contributed by atoms with van der Waals surface area (Å²) in [6.07, 6.45) is 8.39. The van der Waals surface area contributed by atoms with Crippen LogP contribution in [-0.2, 0) is 11.2 Å². The van der Waals surface area contributed by atoms with E-state index >= 15 is 0 Å². The van der Waals surface area contributed by atoms with Crippen LogP contribution in [0.2, 0.25) is 0 Å². The van der Waals surface area contributed by atoms with Gasteiger partial charge >= 0.3 is 0 Å². The average Bonchev–Trinajstić information content (AvgIpc) is 3.31. The van der Waals surface area contributed by atoms with Crippen LogP contribution in [0, 0.1) is 12.8 Å². The Bertz CT molecular complexity index is 854. The first-order chi connectivity index (χ1) is 15.0. The lowest BCUT2D eigenvalue weighted by atomic mass is 9.79. The highest BCUT2D eigenvalue weighted by molar-refractivity contribution is 5.95. The predicted octanol–water partition coefficient (Wildman–Crippen LogP) is 3.88. The van der Waals surface area contributed by atoms with Crippen LogP contribution in [0.25, 0.3) is 0 Å². The molecule has 31 heavy (non-hydrogen) atoms. The highest BCUT2D eigenvalue weighted by atomic mass is 16.3. The molecule has 2 aromatic heterocycles. The third-order valence-corrected chi connectivity index (χ3v) is 6.22. The Hall–Kier alpha value is -2.70. The summed E-state index contributed by atoms with van der Waals surface area (Å²) in [7, 11) is 0. The van der Waals surface area contributed by atoms with Crippen LogP contribution >= 0.6 is 0 Å². The summed E-state index contributed by atoms with van der Waals surface area (Å²) in [5, 5.41) is 3.07. The van der Waals surface area contributed by atoms with E-state index in [1.54, 1.807) is 12.5 Å².